The van der Waals surface area contributed by atoms with Crippen LogP contribution in [-0.4, -0.2) is 32.0 Å². The first-order valence-corrected chi connectivity index (χ1v) is 5.74. The first kappa shape index (κ1) is 11.9. The first-order valence-electron chi connectivity index (χ1n) is 5.74. The Bertz CT molecular complexity index is 790. The Balaban J connectivity index is 2.02. The molecule has 100 valence electrons. The van der Waals surface area contributed by atoms with Crippen molar-refractivity contribution in [3.05, 3.63) is 41.9 Å². The van der Waals surface area contributed by atoms with Gasteiger partial charge >= 0.3 is 0 Å². The molecule has 0 unspecified atom stereocenters. The van der Waals surface area contributed by atoms with Crippen molar-refractivity contribution in [3.63, 3.8) is 0 Å². The van der Waals surface area contributed by atoms with E-state index in [1.165, 1.54) is 6.20 Å². The molecular formula is C12H10N6O2. The van der Waals surface area contributed by atoms with E-state index < -0.39 is 5.91 Å². The van der Waals surface area contributed by atoms with E-state index in [-0.39, 0.29) is 11.7 Å². The molecule has 0 spiro atoms. The Morgan fingerprint density at radius 1 is 1.25 bits per heavy atom. The highest BCUT2D eigenvalue weighted by Crippen LogP contribution is 2.17. The summed E-state index contributed by atoms with van der Waals surface area (Å²) in [5.74, 6) is -0.553. The molecule has 0 bridgehead atoms. The lowest BCUT2D eigenvalue weighted by atomic mass is 10.1. The molecule has 2 amide bonds. The lowest BCUT2D eigenvalue weighted by Crippen LogP contribution is -2.13. The van der Waals surface area contributed by atoms with E-state index in [0.29, 0.717) is 22.4 Å². The molecule has 0 fully saturated rings. The van der Waals surface area contributed by atoms with Crippen LogP contribution in [0, 0.1) is 0 Å². The molecule has 0 radical (unpaired) electrons. The Labute approximate surface area is 112 Å². The SMILES string of the molecule is NC(=O)c1nc2c(C(=O)Nc3ccn[nH]3)cccc2[nH]1. The van der Waals surface area contributed by atoms with Crippen molar-refractivity contribution >= 4 is 28.7 Å². The number of fused-ring (bicyclic) bond motifs is 1. The summed E-state index contributed by atoms with van der Waals surface area (Å²) in [7, 11) is 0. The summed E-state index contributed by atoms with van der Waals surface area (Å²) in [4.78, 5) is 30.1. The number of rotatable bonds is 3. The maximum absolute atomic E-state index is 12.2. The second-order valence-electron chi connectivity index (χ2n) is 4.08. The third kappa shape index (κ3) is 1.99. The van der Waals surface area contributed by atoms with E-state index in [0.717, 1.165) is 0 Å². The van der Waals surface area contributed by atoms with Crippen molar-refractivity contribution in [1.29, 1.82) is 0 Å². The predicted octanol–water partition coefficient (Wildman–Crippen LogP) is 0.637. The van der Waals surface area contributed by atoms with Gasteiger partial charge in [0.2, 0.25) is 0 Å². The fraction of sp³-hybridized carbons (Fsp3) is 0. The summed E-state index contributed by atoms with van der Waals surface area (Å²) in [6, 6.07) is 6.63. The zero-order valence-corrected chi connectivity index (χ0v) is 10.2. The number of aromatic amines is 2. The molecular weight excluding hydrogens is 260 g/mol. The molecule has 1 aromatic carbocycles. The Morgan fingerprint density at radius 3 is 2.80 bits per heavy atom. The summed E-state index contributed by atoms with van der Waals surface area (Å²) in [5.41, 5.74) is 6.45. The molecule has 0 aliphatic rings. The number of amides is 2. The number of carbonyl (C=O) groups is 2. The number of hydrogen-bond acceptors (Lipinski definition) is 4. The fourth-order valence-corrected chi connectivity index (χ4v) is 1.85. The van der Waals surface area contributed by atoms with Crippen LogP contribution in [0.25, 0.3) is 11.0 Å². The molecule has 8 nitrogen and oxygen atoms in total. The number of imidazole rings is 1. The highest BCUT2D eigenvalue weighted by Gasteiger charge is 2.15. The number of primary amides is 1. The van der Waals surface area contributed by atoms with Crippen LogP contribution in [0.1, 0.15) is 21.0 Å². The number of aromatic nitrogens is 4. The molecule has 2 heterocycles. The topological polar surface area (TPSA) is 130 Å². The maximum Gasteiger partial charge on any atom is 0.284 e. The summed E-state index contributed by atoms with van der Waals surface area (Å²) in [6.07, 6.45) is 1.52. The Hall–Kier alpha value is -3.16. The Morgan fingerprint density at radius 2 is 2.10 bits per heavy atom. The maximum atomic E-state index is 12.2. The molecule has 2 aromatic heterocycles. The highest BCUT2D eigenvalue weighted by atomic mass is 16.2. The zero-order valence-electron chi connectivity index (χ0n) is 10.2. The van der Waals surface area contributed by atoms with Crippen LogP contribution in [0.2, 0.25) is 0 Å². The van der Waals surface area contributed by atoms with Gasteiger partial charge in [0, 0.05) is 6.07 Å². The lowest BCUT2D eigenvalue weighted by Gasteiger charge is -2.02. The number of carbonyl (C=O) groups excluding carboxylic acids is 2. The third-order valence-electron chi connectivity index (χ3n) is 2.74. The molecule has 0 saturated carbocycles. The number of H-pyrrole nitrogens is 2. The van der Waals surface area contributed by atoms with Gasteiger partial charge in [-0.3, -0.25) is 14.7 Å². The average molecular weight is 270 g/mol. The van der Waals surface area contributed by atoms with E-state index in [4.69, 9.17) is 5.73 Å². The van der Waals surface area contributed by atoms with Gasteiger partial charge in [-0.1, -0.05) is 6.07 Å². The average Bonchev–Trinajstić information content (AvgIpc) is 3.05. The van der Waals surface area contributed by atoms with Gasteiger partial charge in [-0.15, -0.1) is 0 Å². The van der Waals surface area contributed by atoms with Crippen molar-refractivity contribution in [2.75, 3.05) is 5.32 Å². The van der Waals surface area contributed by atoms with E-state index in [1.54, 1.807) is 24.3 Å². The van der Waals surface area contributed by atoms with Crippen molar-refractivity contribution in [1.82, 2.24) is 20.2 Å². The summed E-state index contributed by atoms with van der Waals surface area (Å²) < 4.78 is 0. The monoisotopic (exact) mass is 270 g/mol. The summed E-state index contributed by atoms with van der Waals surface area (Å²) in [6.45, 7) is 0. The van der Waals surface area contributed by atoms with E-state index >= 15 is 0 Å². The molecule has 0 aliphatic carbocycles. The van der Waals surface area contributed by atoms with Gasteiger partial charge in [-0.05, 0) is 12.1 Å². The number of nitrogens with two attached hydrogens (primary N) is 1. The quantitative estimate of drug-likeness (QED) is 0.556. The van der Waals surface area contributed by atoms with Crippen molar-refractivity contribution < 1.29 is 9.59 Å². The molecule has 8 heteroatoms. The fourth-order valence-electron chi connectivity index (χ4n) is 1.85. The smallest absolute Gasteiger partial charge is 0.284 e. The van der Waals surface area contributed by atoms with Gasteiger partial charge in [0.25, 0.3) is 11.8 Å². The molecule has 5 N–H and O–H groups in total. The minimum atomic E-state index is -0.680. The molecule has 0 aliphatic heterocycles. The number of para-hydroxylation sites is 1. The standard InChI is InChI=1S/C12H10N6O2/c13-10(19)11-15-7-3-1-2-6(9(7)17-11)12(20)16-8-4-5-14-18-8/h1-5H,(H2,13,19)(H,15,17)(H2,14,16,18,20). The zero-order chi connectivity index (χ0) is 14.1. The van der Waals surface area contributed by atoms with Gasteiger partial charge in [-0.2, -0.15) is 5.10 Å². The number of anilines is 1. The second-order valence-corrected chi connectivity index (χ2v) is 4.08. The van der Waals surface area contributed by atoms with Gasteiger partial charge in [0.05, 0.1) is 17.3 Å². The first-order chi connectivity index (χ1) is 9.65. The van der Waals surface area contributed by atoms with Crippen molar-refractivity contribution in [3.8, 4) is 0 Å². The number of hydrogen-bond donors (Lipinski definition) is 4. The van der Waals surface area contributed by atoms with Gasteiger partial charge in [0.1, 0.15) is 11.3 Å². The normalized spacial score (nSPS) is 10.6. The second kappa shape index (κ2) is 4.50. The van der Waals surface area contributed by atoms with Crippen LogP contribution in [-0.2, 0) is 0 Å². The molecule has 20 heavy (non-hydrogen) atoms. The van der Waals surface area contributed by atoms with Crippen LogP contribution < -0.4 is 11.1 Å². The Kier molecular flexibility index (Phi) is 2.68. The van der Waals surface area contributed by atoms with E-state index in [9.17, 15) is 9.59 Å². The van der Waals surface area contributed by atoms with Crippen LogP contribution in [0.5, 0.6) is 0 Å². The number of benzene rings is 1. The largest absolute Gasteiger partial charge is 0.363 e. The van der Waals surface area contributed by atoms with E-state index in [1.807, 2.05) is 0 Å². The summed E-state index contributed by atoms with van der Waals surface area (Å²) in [5, 5.41) is 9.00. The van der Waals surface area contributed by atoms with Crippen LogP contribution in [0.3, 0.4) is 0 Å². The van der Waals surface area contributed by atoms with Crippen molar-refractivity contribution in [2.45, 2.75) is 0 Å². The van der Waals surface area contributed by atoms with E-state index in [2.05, 4.69) is 25.5 Å². The number of nitrogens with one attached hydrogen (secondary N) is 3. The lowest BCUT2D eigenvalue weighted by molar-refractivity contribution is 0.0989. The minimum absolute atomic E-state index is 0.0155. The van der Waals surface area contributed by atoms with Gasteiger partial charge in [0.15, 0.2) is 5.82 Å². The highest BCUT2D eigenvalue weighted by molar-refractivity contribution is 6.11. The van der Waals surface area contributed by atoms with Crippen LogP contribution in [0.4, 0.5) is 5.82 Å². The van der Waals surface area contributed by atoms with Crippen molar-refractivity contribution in [2.24, 2.45) is 5.73 Å². The van der Waals surface area contributed by atoms with Gasteiger partial charge in [-0.25, -0.2) is 4.98 Å². The van der Waals surface area contributed by atoms with Crippen LogP contribution in [0.15, 0.2) is 30.5 Å². The minimum Gasteiger partial charge on any atom is -0.363 e. The number of nitrogens with zero attached hydrogens (tertiary/aromatic N) is 2. The molecule has 3 rings (SSSR count). The molecule has 0 saturated heterocycles. The predicted molar refractivity (Wildman–Crippen MR) is 71.2 cm³/mol. The third-order valence-corrected chi connectivity index (χ3v) is 2.74. The molecule has 0 atom stereocenters. The van der Waals surface area contributed by atoms with Gasteiger partial charge < -0.3 is 16.0 Å². The molecule has 3 aromatic rings. The van der Waals surface area contributed by atoms with Crippen LogP contribution >= 0.6 is 0 Å². The summed E-state index contributed by atoms with van der Waals surface area (Å²) >= 11 is 0.